The van der Waals surface area contributed by atoms with Crippen molar-refractivity contribution < 1.29 is 22.1 Å². The Balaban J connectivity index is 1.73. The average molecular weight is 372 g/mol. The molecule has 0 saturated heterocycles. The molecule has 0 fully saturated rings. The van der Waals surface area contributed by atoms with Crippen LogP contribution in [0, 0.1) is 6.92 Å². The topological polar surface area (TPSA) is 61.8 Å². The van der Waals surface area contributed by atoms with Gasteiger partial charge in [-0.05, 0) is 43.2 Å². The number of fused-ring (bicyclic) bond motifs is 1. The van der Waals surface area contributed by atoms with Gasteiger partial charge in [0.05, 0.1) is 11.0 Å². The van der Waals surface area contributed by atoms with E-state index >= 15 is 0 Å². The molecule has 0 N–H and O–H groups in total. The summed E-state index contributed by atoms with van der Waals surface area (Å²) in [5.74, 6) is 1.36. The maximum absolute atomic E-state index is 12.5. The molecule has 0 radical (unpaired) electrons. The summed E-state index contributed by atoms with van der Waals surface area (Å²) in [4.78, 5) is 0.175. The minimum Gasteiger partial charge on any atom is -0.467 e. The van der Waals surface area contributed by atoms with Crippen LogP contribution in [0.1, 0.15) is 24.5 Å². The van der Waals surface area contributed by atoms with Gasteiger partial charge in [0.2, 0.25) is 0 Å². The number of rotatable bonds is 6. The van der Waals surface area contributed by atoms with E-state index in [0.717, 1.165) is 11.1 Å². The fraction of sp³-hybridized carbons (Fsp3) is 0.333. The van der Waals surface area contributed by atoms with Crippen LogP contribution in [0.4, 0.5) is 0 Å². The fourth-order valence-electron chi connectivity index (χ4n) is 2.84. The number of hydrogen-bond acceptors (Lipinski definition) is 5. The Bertz CT molecular complexity index is 894. The Kier molecular flexibility index (Phi) is 5.08. The van der Waals surface area contributed by atoms with Crippen LogP contribution in [0.5, 0.6) is 11.5 Å². The lowest BCUT2D eigenvalue weighted by atomic mass is 9.76. The van der Waals surface area contributed by atoms with Crippen molar-refractivity contribution in [3.05, 3.63) is 53.6 Å². The van der Waals surface area contributed by atoms with Gasteiger partial charge in [0.15, 0.2) is 32.8 Å². The second kappa shape index (κ2) is 7.00. The van der Waals surface area contributed by atoms with E-state index in [2.05, 4.69) is 0 Å². The van der Waals surface area contributed by atoms with Gasteiger partial charge >= 0.3 is 0 Å². The number of hydrogen-bond donors (Lipinski definition) is 0. The molecule has 5 nitrogen and oxygen atoms in total. The van der Waals surface area contributed by atoms with Crippen LogP contribution >= 0.6 is 0 Å². The maximum atomic E-state index is 12.5. The van der Waals surface area contributed by atoms with Crippen LogP contribution < -0.4 is 9.47 Å². The van der Waals surface area contributed by atoms with E-state index in [-0.39, 0.29) is 4.90 Å². The highest BCUT2D eigenvalue weighted by molar-refractivity contribution is 7.86. The second-order valence-electron chi connectivity index (χ2n) is 6.98. The van der Waals surface area contributed by atoms with Gasteiger partial charge in [0.1, 0.15) is 0 Å². The predicted molar refractivity (Wildman–Crippen MR) is 105 cm³/mol. The molecular formula is C18H22B2O5S. The molecule has 1 aliphatic rings. The highest BCUT2D eigenvalue weighted by Crippen LogP contribution is 2.38. The Labute approximate surface area is 156 Å². The van der Waals surface area contributed by atoms with Crippen molar-refractivity contribution in [1.29, 1.82) is 0 Å². The second-order valence-corrected chi connectivity index (χ2v) is 8.55. The minimum absolute atomic E-state index is 0.175. The smallest absolute Gasteiger partial charge is 0.297 e. The van der Waals surface area contributed by atoms with Crippen molar-refractivity contribution >= 4 is 25.8 Å². The average Bonchev–Trinajstić information content (AvgIpc) is 2.87. The van der Waals surface area contributed by atoms with E-state index in [0.29, 0.717) is 24.3 Å². The number of aryl methyl sites for hydroxylation is 1. The fourth-order valence-corrected chi connectivity index (χ4v) is 3.99. The molecule has 0 aromatic heterocycles. The molecule has 8 heteroatoms. The third kappa shape index (κ3) is 4.24. The molecule has 0 unspecified atom stereocenters. The molecule has 1 heterocycles. The van der Waals surface area contributed by atoms with Gasteiger partial charge in [-0.25, -0.2) is 0 Å². The van der Waals surface area contributed by atoms with Gasteiger partial charge in [-0.3, -0.25) is 4.18 Å². The summed E-state index contributed by atoms with van der Waals surface area (Å²) in [5, 5.41) is 0. The summed E-state index contributed by atoms with van der Waals surface area (Å²) >= 11 is 0. The van der Waals surface area contributed by atoms with Crippen LogP contribution in [-0.4, -0.2) is 35.8 Å². The van der Waals surface area contributed by atoms with E-state index in [1.165, 1.54) is 0 Å². The summed E-state index contributed by atoms with van der Waals surface area (Å²) in [5.41, 5.74) is 1.26. The zero-order valence-electron chi connectivity index (χ0n) is 15.5. The van der Waals surface area contributed by atoms with E-state index in [1.54, 1.807) is 24.3 Å². The Morgan fingerprint density at radius 2 is 1.73 bits per heavy atom. The zero-order valence-corrected chi connectivity index (χ0v) is 16.3. The van der Waals surface area contributed by atoms with Gasteiger partial charge < -0.3 is 9.47 Å². The van der Waals surface area contributed by atoms with Crippen molar-refractivity contribution in [1.82, 2.24) is 0 Å². The quantitative estimate of drug-likeness (QED) is 0.566. The van der Waals surface area contributed by atoms with Gasteiger partial charge in [-0.1, -0.05) is 30.7 Å². The van der Waals surface area contributed by atoms with Crippen LogP contribution in [-0.2, 0) is 20.7 Å². The van der Waals surface area contributed by atoms with Crippen LogP contribution in [0.3, 0.4) is 0 Å². The molecule has 0 bridgehead atoms. The van der Waals surface area contributed by atoms with Crippen LogP contribution in [0.25, 0.3) is 0 Å². The van der Waals surface area contributed by atoms with Crippen LogP contribution in [0.15, 0.2) is 47.4 Å². The van der Waals surface area contributed by atoms with Gasteiger partial charge in [-0.15, -0.1) is 0 Å². The highest BCUT2D eigenvalue weighted by atomic mass is 32.2. The monoisotopic (exact) mass is 372 g/mol. The van der Waals surface area contributed by atoms with Crippen molar-refractivity contribution in [3.8, 4) is 11.5 Å². The summed E-state index contributed by atoms with van der Waals surface area (Å²) < 4.78 is 41.9. The molecule has 0 aliphatic carbocycles. The van der Waals surface area contributed by atoms with Gasteiger partial charge in [-0.2, -0.15) is 8.42 Å². The van der Waals surface area contributed by atoms with Crippen molar-refractivity contribution in [2.24, 2.45) is 0 Å². The molecule has 136 valence electrons. The van der Waals surface area contributed by atoms with Crippen molar-refractivity contribution in [2.75, 3.05) is 0 Å². The van der Waals surface area contributed by atoms with E-state index in [9.17, 15) is 8.42 Å². The highest BCUT2D eigenvalue weighted by Gasteiger charge is 2.31. The lowest BCUT2D eigenvalue weighted by Gasteiger charge is -2.17. The normalized spacial score (nSPS) is 16.4. The SMILES string of the molecule is BC1(B)Oc2ccc(C[C@H](CC)OS(=O)(=O)c3ccc(C)cc3)cc2O1. The van der Waals surface area contributed by atoms with E-state index in [1.807, 2.05) is 47.7 Å². The lowest BCUT2D eigenvalue weighted by Crippen LogP contribution is -2.39. The lowest BCUT2D eigenvalue weighted by molar-refractivity contribution is 0.0833. The standard InChI is InChI=1S/C18H22B2O5S/c1-3-14(25-26(21,22)15-7-4-12(2)5-8-15)10-13-6-9-16-17(11-13)24-18(19,20)23-16/h4-9,11,14H,3,10,19-20H2,1-2H3/t14-/m0/s1. The molecule has 2 aromatic carbocycles. The first-order valence-corrected chi connectivity index (χ1v) is 10.1. The zero-order chi connectivity index (χ0) is 18.9. The third-order valence-electron chi connectivity index (χ3n) is 4.21. The summed E-state index contributed by atoms with van der Waals surface area (Å²) in [6.45, 7) is 3.82. The molecular weight excluding hydrogens is 350 g/mol. The summed E-state index contributed by atoms with van der Waals surface area (Å²) in [7, 11) is -0.102. The van der Waals surface area contributed by atoms with Crippen molar-refractivity contribution in [3.63, 3.8) is 0 Å². The molecule has 0 spiro atoms. The molecule has 2 aromatic rings. The molecule has 0 amide bonds. The summed E-state index contributed by atoms with van der Waals surface area (Å²) in [6.07, 6.45) is 0.596. The largest absolute Gasteiger partial charge is 0.467 e. The molecule has 3 rings (SSSR count). The Morgan fingerprint density at radius 1 is 1.08 bits per heavy atom. The van der Waals surface area contributed by atoms with Gasteiger partial charge in [0.25, 0.3) is 10.1 Å². The first-order chi connectivity index (χ1) is 12.2. The first-order valence-electron chi connectivity index (χ1n) is 8.69. The molecule has 1 atom stereocenters. The van der Waals surface area contributed by atoms with Crippen LogP contribution in [0.2, 0.25) is 0 Å². The minimum atomic E-state index is -3.79. The van der Waals surface area contributed by atoms with Gasteiger partial charge in [0, 0.05) is 6.42 Å². The molecule has 26 heavy (non-hydrogen) atoms. The van der Waals surface area contributed by atoms with E-state index < -0.39 is 21.8 Å². The third-order valence-corrected chi connectivity index (χ3v) is 5.59. The molecule has 1 aliphatic heterocycles. The first kappa shape index (κ1) is 18.9. The molecule has 0 saturated carbocycles. The maximum Gasteiger partial charge on any atom is 0.297 e. The predicted octanol–water partition coefficient (Wildman–Crippen LogP) is 1.37. The Morgan fingerprint density at radius 3 is 2.38 bits per heavy atom. The Hall–Kier alpha value is -1.92. The number of ether oxygens (including phenoxy) is 2. The summed E-state index contributed by atoms with van der Waals surface area (Å²) in [6, 6.07) is 12.3. The van der Waals surface area contributed by atoms with E-state index in [4.69, 9.17) is 13.7 Å². The number of benzene rings is 2. The van der Waals surface area contributed by atoms with Crippen molar-refractivity contribution in [2.45, 2.75) is 43.3 Å².